The highest BCUT2D eigenvalue weighted by Gasteiger charge is 2.48. The van der Waals surface area contributed by atoms with Crippen molar-refractivity contribution in [1.82, 2.24) is 19.4 Å². The van der Waals surface area contributed by atoms with Crippen molar-refractivity contribution in [3.63, 3.8) is 0 Å². The first kappa shape index (κ1) is 37.6. The highest BCUT2D eigenvalue weighted by Crippen LogP contribution is 2.57. The van der Waals surface area contributed by atoms with E-state index in [2.05, 4.69) is 233 Å². The van der Waals surface area contributed by atoms with Gasteiger partial charge in [0.05, 0.1) is 22.1 Å². The Morgan fingerprint density at radius 3 is 1.33 bits per heavy atom. The standard InChI is InChI=1S/C59H51N5/c1-59(2)48-33-41(62-50-21-11-7-17-43(50)44-18-8-12-22-51(44)62)29-31-54(48)64(55-32-30-42(34-49(55)59)63-52-23-13-9-19-45(52)46-20-10-14-24-53(46)63)56-35-47(56)38-25-27-40(28-26-38)58-37-60-36-57(61(58)3)39-15-5-4-6-16-39/h4-34,47,56-58,60H,35-37H2,1-3H3. The minimum Gasteiger partial charge on any atom is -0.337 e. The number of nitrogens with one attached hydrogen (secondary N) is 1. The van der Waals surface area contributed by atoms with E-state index in [1.807, 2.05) is 0 Å². The SMILES string of the molecule is CN1C(c2ccccc2)CNCC1c1ccc(C2CC2N2c3ccc(-n4c5ccccc5c5ccccc54)cc3C(C)(C)c3cc(-n4c5ccccc5c5ccccc54)ccc32)cc1. The topological polar surface area (TPSA) is 28.4 Å². The molecule has 3 aliphatic rings. The highest BCUT2D eigenvalue weighted by atomic mass is 15.2. The van der Waals surface area contributed by atoms with Gasteiger partial charge < -0.3 is 19.4 Å². The lowest BCUT2D eigenvalue weighted by Gasteiger charge is -2.43. The van der Waals surface area contributed by atoms with Gasteiger partial charge in [0.15, 0.2) is 0 Å². The van der Waals surface area contributed by atoms with Crippen molar-refractivity contribution in [1.29, 1.82) is 0 Å². The largest absolute Gasteiger partial charge is 0.337 e. The van der Waals surface area contributed by atoms with Gasteiger partial charge in [-0.15, -0.1) is 0 Å². The van der Waals surface area contributed by atoms with Crippen molar-refractivity contribution in [2.45, 2.75) is 49.7 Å². The molecule has 2 aromatic heterocycles. The number of piperazine rings is 1. The van der Waals surface area contributed by atoms with Gasteiger partial charge in [-0.25, -0.2) is 0 Å². The molecule has 4 unspecified atom stereocenters. The zero-order valence-electron chi connectivity index (χ0n) is 36.6. The fourth-order valence-electron chi connectivity index (χ4n) is 11.8. The molecule has 2 fully saturated rings. The van der Waals surface area contributed by atoms with Crippen molar-refractivity contribution < 1.29 is 0 Å². The predicted molar refractivity (Wildman–Crippen MR) is 266 cm³/mol. The number of anilines is 2. The lowest BCUT2D eigenvalue weighted by Crippen LogP contribution is -2.46. The second-order valence-corrected chi connectivity index (χ2v) is 19.0. The van der Waals surface area contributed by atoms with Crippen LogP contribution < -0.4 is 10.2 Å². The van der Waals surface area contributed by atoms with Crippen LogP contribution in [-0.2, 0) is 5.41 Å². The lowest BCUT2D eigenvalue weighted by molar-refractivity contribution is 0.130. The maximum atomic E-state index is 3.75. The van der Waals surface area contributed by atoms with Crippen molar-refractivity contribution >= 4 is 55.0 Å². The molecule has 312 valence electrons. The maximum absolute atomic E-state index is 3.75. The average molecular weight is 830 g/mol. The third-order valence-corrected chi connectivity index (χ3v) is 15.2. The summed E-state index contributed by atoms with van der Waals surface area (Å²) in [5.74, 6) is 0.435. The lowest BCUT2D eigenvalue weighted by atomic mass is 9.73. The monoisotopic (exact) mass is 829 g/mol. The molecule has 64 heavy (non-hydrogen) atoms. The minimum atomic E-state index is -0.283. The van der Waals surface area contributed by atoms with E-state index in [1.54, 1.807) is 0 Å². The first-order valence-corrected chi connectivity index (χ1v) is 23.1. The molecule has 1 N–H and O–H groups in total. The minimum absolute atomic E-state index is 0.283. The quantitative estimate of drug-likeness (QED) is 0.181. The molecule has 1 aliphatic carbocycles. The van der Waals surface area contributed by atoms with Gasteiger partial charge in [0.25, 0.3) is 0 Å². The highest BCUT2D eigenvalue weighted by molar-refractivity contribution is 6.10. The zero-order valence-corrected chi connectivity index (χ0v) is 36.6. The summed E-state index contributed by atoms with van der Waals surface area (Å²) in [6.45, 7) is 6.80. The number of benzene rings is 8. The smallest absolute Gasteiger partial charge is 0.0541 e. The molecule has 2 aliphatic heterocycles. The van der Waals surface area contributed by atoms with Crippen LogP contribution in [0.15, 0.2) is 188 Å². The Hall–Kier alpha value is -6.92. The number of likely N-dealkylation sites (N-methyl/N-ethyl adjacent to an activating group) is 1. The first-order valence-electron chi connectivity index (χ1n) is 23.1. The number of hydrogen-bond acceptors (Lipinski definition) is 3. The number of para-hydroxylation sites is 4. The summed E-state index contributed by atoms with van der Waals surface area (Å²) in [6, 6.07) is 71.6. The Bertz CT molecular complexity index is 3160. The van der Waals surface area contributed by atoms with Gasteiger partial charge in [0.1, 0.15) is 0 Å². The van der Waals surface area contributed by atoms with Crippen LogP contribution in [0.3, 0.4) is 0 Å². The van der Waals surface area contributed by atoms with Crippen LogP contribution in [0.2, 0.25) is 0 Å². The summed E-state index contributed by atoms with van der Waals surface area (Å²) in [4.78, 5) is 5.27. The molecule has 0 radical (unpaired) electrons. The van der Waals surface area contributed by atoms with Gasteiger partial charge in [0, 0.05) is 86.8 Å². The molecule has 4 atom stereocenters. The molecule has 0 bridgehead atoms. The summed E-state index contributed by atoms with van der Waals surface area (Å²) in [7, 11) is 2.29. The molecule has 0 spiro atoms. The van der Waals surface area contributed by atoms with Gasteiger partial charge in [-0.3, -0.25) is 4.90 Å². The number of rotatable bonds is 6. The maximum Gasteiger partial charge on any atom is 0.0541 e. The van der Waals surface area contributed by atoms with E-state index < -0.39 is 0 Å². The van der Waals surface area contributed by atoms with Gasteiger partial charge in [-0.05, 0) is 102 Å². The molecule has 0 amide bonds. The van der Waals surface area contributed by atoms with Crippen LogP contribution in [0.1, 0.15) is 66.1 Å². The normalized spacial score (nSPS) is 20.5. The summed E-state index contributed by atoms with van der Waals surface area (Å²) >= 11 is 0. The van der Waals surface area contributed by atoms with Crippen LogP contribution in [0.5, 0.6) is 0 Å². The summed E-state index contributed by atoms with van der Waals surface area (Å²) in [5, 5.41) is 8.88. The molecule has 5 nitrogen and oxygen atoms in total. The molecule has 4 heterocycles. The van der Waals surface area contributed by atoms with E-state index >= 15 is 0 Å². The molecule has 8 aromatic carbocycles. The number of hydrogen-bond donors (Lipinski definition) is 1. The van der Waals surface area contributed by atoms with E-state index in [1.165, 1.54) is 94.2 Å². The van der Waals surface area contributed by atoms with Crippen molar-refractivity contribution in [2.24, 2.45) is 0 Å². The van der Waals surface area contributed by atoms with Gasteiger partial charge in [-0.2, -0.15) is 0 Å². The van der Waals surface area contributed by atoms with Crippen molar-refractivity contribution in [3.8, 4) is 11.4 Å². The summed E-state index contributed by atoms with van der Waals surface area (Å²) < 4.78 is 4.94. The van der Waals surface area contributed by atoms with E-state index in [9.17, 15) is 0 Å². The summed E-state index contributed by atoms with van der Waals surface area (Å²) in [5.41, 5.74) is 16.6. The Balaban J connectivity index is 0.922. The van der Waals surface area contributed by atoms with E-state index in [0.717, 1.165) is 19.5 Å². The number of fused-ring (bicyclic) bond motifs is 8. The second kappa shape index (κ2) is 14.3. The fourth-order valence-corrected chi connectivity index (χ4v) is 11.8. The molecular formula is C59H51N5. The van der Waals surface area contributed by atoms with Gasteiger partial charge in [-0.1, -0.05) is 141 Å². The Morgan fingerprint density at radius 1 is 0.453 bits per heavy atom. The van der Waals surface area contributed by atoms with E-state index in [0.29, 0.717) is 24.0 Å². The predicted octanol–water partition coefficient (Wildman–Crippen LogP) is 13.5. The second-order valence-electron chi connectivity index (χ2n) is 19.0. The van der Waals surface area contributed by atoms with Crippen LogP contribution in [0.4, 0.5) is 11.4 Å². The molecule has 1 saturated carbocycles. The van der Waals surface area contributed by atoms with Crippen molar-refractivity contribution in [3.05, 3.63) is 216 Å². The number of nitrogens with zero attached hydrogens (tertiary/aromatic N) is 4. The van der Waals surface area contributed by atoms with Crippen molar-refractivity contribution in [2.75, 3.05) is 25.0 Å². The zero-order chi connectivity index (χ0) is 42.7. The third kappa shape index (κ3) is 5.63. The molecule has 1 saturated heterocycles. The van der Waals surface area contributed by atoms with E-state index in [4.69, 9.17) is 0 Å². The molecule has 5 heteroatoms. The Kier molecular flexibility index (Phi) is 8.40. The van der Waals surface area contributed by atoms with Gasteiger partial charge in [0.2, 0.25) is 0 Å². The Morgan fingerprint density at radius 2 is 0.859 bits per heavy atom. The van der Waals surface area contributed by atoms with Crippen LogP contribution >= 0.6 is 0 Å². The number of aromatic nitrogens is 2. The molecule has 13 rings (SSSR count). The fraction of sp³-hybridized carbons (Fsp3) is 0.186. The van der Waals surface area contributed by atoms with Crippen LogP contribution in [-0.4, -0.2) is 40.2 Å². The van der Waals surface area contributed by atoms with Crippen LogP contribution in [0, 0.1) is 0 Å². The molecule has 10 aromatic rings. The summed E-state index contributed by atoms with van der Waals surface area (Å²) in [6.07, 6.45) is 1.11. The Labute approximate surface area is 374 Å². The first-order chi connectivity index (χ1) is 31.4. The van der Waals surface area contributed by atoms with Gasteiger partial charge >= 0.3 is 0 Å². The van der Waals surface area contributed by atoms with E-state index in [-0.39, 0.29) is 5.41 Å². The van der Waals surface area contributed by atoms with Crippen LogP contribution in [0.25, 0.3) is 55.0 Å². The average Bonchev–Trinajstić information content (AvgIpc) is 3.95. The molecular weight excluding hydrogens is 779 g/mol. The third-order valence-electron chi connectivity index (χ3n) is 15.2.